The van der Waals surface area contributed by atoms with Crippen molar-refractivity contribution >= 4 is 17.2 Å². The summed E-state index contributed by atoms with van der Waals surface area (Å²) in [5.74, 6) is 0.0843. The Bertz CT molecular complexity index is 681. The third kappa shape index (κ3) is 3.31. The average Bonchev–Trinajstić information content (AvgIpc) is 3.36. The van der Waals surface area contributed by atoms with E-state index in [0.29, 0.717) is 5.69 Å². The van der Waals surface area contributed by atoms with Gasteiger partial charge >= 0.3 is 0 Å². The summed E-state index contributed by atoms with van der Waals surface area (Å²) >= 11 is 1.55. The van der Waals surface area contributed by atoms with Crippen LogP contribution in [0.1, 0.15) is 29.8 Å². The van der Waals surface area contributed by atoms with Gasteiger partial charge in [0, 0.05) is 43.2 Å². The van der Waals surface area contributed by atoms with E-state index in [-0.39, 0.29) is 5.91 Å². The summed E-state index contributed by atoms with van der Waals surface area (Å²) in [6.45, 7) is 3.81. The zero-order chi connectivity index (χ0) is 15.6. The van der Waals surface area contributed by atoms with Gasteiger partial charge < -0.3 is 4.90 Å². The van der Waals surface area contributed by atoms with Gasteiger partial charge in [-0.25, -0.2) is 4.98 Å². The first kappa shape index (κ1) is 14.8. The Kier molecular flexibility index (Phi) is 4.14. The first-order valence-corrected chi connectivity index (χ1v) is 9.23. The minimum Gasteiger partial charge on any atom is -0.336 e. The Morgan fingerprint density at radius 1 is 1.09 bits per heavy atom. The van der Waals surface area contributed by atoms with E-state index >= 15 is 0 Å². The molecule has 1 aromatic carbocycles. The number of rotatable bonds is 3. The molecule has 1 aliphatic heterocycles. The monoisotopic (exact) mass is 327 g/mol. The van der Waals surface area contributed by atoms with Crippen LogP contribution in [0.2, 0.25) is 0 Å². The van der Waals surface area contributed by atoms with Crippen LogP contribution in [-0.2, 0) is 0 Å². The predicted molar refractivity (Wildman–Crippen MR) is 92.7 cm³/mol. The maximum atomic E-state index is 12.7. The molecule has 120 valence electrons. The van der Waals surface area contributed by atoms with Gasteiger partial charge in [-0.05, 0) is 19.3 Å². The number of benzene rings is 1. The first-order valence-electron chi connectivity index (χ1n) is 8.35. The Labute approximate surface area is 140 Å². The predicted octanol–water partition coefficient (Wildman–Crippen LogP) is 3.12. The number of thiazole rings is 1. The van der Waals surface area contributed by atoms with Crippen molar-refractivity contribution in [2.45, 2.75) is 25.3 Å². The molecule has 0 bridgehead atoms. The second-order valence-electron chi connectivity index (χ2n) is 6.32. The molecule has 1 amide bonds. The molecule has 0 radical (unpaired) electrons. The number of amides is 1. The van der Waals surface area contributed by atoms with Crippen LogP contribution in [0.4, 0.5) is 0 Å². The van der Waals surface area contributed by atoms with Crippen molar-refractivity contribution in [2.75, 3.05) is 26.2 Å². The second kappa shape index (κ2) is 6.42. The summed E-state index contributed by atoms with van der Waals surface area (Å²) in [4.78, 5) is 21.8. The van der Waals surface area contributed by atoms with Gasteiger partial charge in [-0.15, -0.1) is 11.3 Å². The molecule has 0 unspecified atom stereocenters. The van der Waals surface area contributed by atoms with E-state index in [1.807, 2.05) is 40.6 Å². The van der Waals surface area contributed by atoms with E-state index in [9.17, 15) is 4.79 Å². The van der Waals surface area contributed by atoms with Crippen molar-refractivity contribution in [2.24, 2.45) is 0 Å². The van der Waals surface area contributed by atoms with E-state index in [1.54, 1.807) is 11.3 Å². The number of nitrogens with zero attached hydrogens (tertiary/aromatic N) is 3. The van der Waals surface area contributed by atoms with E-state index in [0.717, 1.165) is 49.2 Å². The van der Waals surface area contributed by atoms with Crippen LogP contribution in [0.5, 0.6) is 0 Å². The molecule has 4 nitrogen and oxygen atoms in total. The summed E-state index contributed by atoms with van der Waals surface area (Å²) in [5, 5.41) is 2.82. The van der Waals surface area contributed by atoms with Crippen LogP contribution < -0.4 is 0 Å². The average molecular weight is 327 g/mol. The molecular formula is C18H21N3OS. The smallest absolute Gasteiger partial charge is 0.273 e. The largest absolute Gasteiger partial charge is 0.336 e. The number of hydrogen-bond donors (Lipinski definition) is 0. The Morgan fingerprint density at radius 3 is 2.70 bits per heavy atom. The summed E-state index contributed by atoms with van der Waals surface area (Å²) < 4.78 is 0. The molecule has 5 heteroatoms. The molecule has 0 atom stereocenters. The summed E-state index contributed by atoms with van der Waals surface area (Å²) in [6, 6.07) is 10.8. The molecule has 0 N–H and O–H groups in total. The lowest BCUT2D eigenvalue weighted by molar-refractivity contribution is 0.0756. The van der Waals surface area contributed by atoms with E-state index in [4.69, 9.17) is 0 Å². The lowest BCUT2D eigenvalue weighted by atomic mass is 10.2. The van der Waals surface area contributed by atoms with Gasteiger partial charge in [0.2, 0.25) is 0 Å². The van der Waals surface area contributed by atoms with Gasteiger partial charge in [0.15, 0.2) is 0 Å². The number of carbonyl (C=O) groups excluding carboxylic acids is 1. The molecular weight excluding hydrogens is 306 g/mol. The van der Waals surface area contributed by atoms with Gasteiger partial charge in [-0.2, -0.15) is 0 Å². The fourth-order valence-corrected chi connectivity index (χ4v) is 3.99. The summed E-state index contributed by atoms with van der Waals surface area (Å²) in [6.07, 6.45) is 3.73. The Hall–Kier alpha value is -1.72. The molecule has 1 aromatic heterocycles. The van der Waals surface area contributed by atoms with Crippen LogP contribution in [0, 0.1) is 0 Å². The molecule has 1 saturated heterocycles. The van der Waals surface area contributed by atoms with Crippen LogP contribution in [0.15, 0.2) is 35.7 Å². The third-order valence-corrected chi connectivity index (χ3v) is 5.52. The number of carbonyl (C=O) groups is 1. The highest BCUT2D eigenvalue weighted by molar-refractivity contribution is 7.13. The van der Waals surface area contributed by atoms with E-state index in [1.165, 1.54) is 12.8 Å². The molecule has 4 rings (SSSR count). The quantitative estimate of drug-likeness (QED) is 0.869. The molecule has 2 aliphatic rings. The SMILES string of the molecule is O=C(c1csc(-c2ccccc2)n1)N1CCCN(C2CC2)CC1. The van der Waals surface area contributed by atoms with Gasteiger partial charge in [0.05, 0.1) is 0 Å². The zero-order valence-corrected chi connectivity index (χ0v) is 14.0. The summed E-state index contributed by atoms with van der Waals surface area (Å²) in [7, 11) is 0. The zero-order valence-electron chi connectivity index (χ0n) is 13.1. The molecule has 23 heavy (non-hydrogen) atoms. The van der Waals surface area contributed by atoms with Gasteiger partial charge in [-0.3, -0.25) is 9.69 Å². The van der Waals surface area contributed by atoms with Crippen molar-refractivity contribution in [1.82, 2.24) is 14.8 Å². The topological polar surface area (TPSA) is 36.4 Å². The Morgan fingerprint density at radius 2 is 1.91 bits per heavy atom. The molecule has 1 saturated carbocycles. The maximum Gasteiger partial charge on any atom is 0.273 e. The minimum atomic E-state index is 0.0843. The number of hydrogen-bond acceptors (Lipinski definition) is 4. The molecule has 2 fully saturated rings. The van der Waals surface area contributed by atoms with E-state index in [2.05, 4.69) is 9.88 Å². The van der Waals surface area contributed by atoms with Crippen LogP contribution in [-0.4, -0.2) is 52.9 Å². The standard InChI is InChI=1S/C18H21N3OS/c22-18(21-10-4-9-20(11-12-21)15-7-8-15)16-13-23-17(19-16)14-5-2-1-3-6-14/h1-3,5-6,13,15H,4,7-12H2. The first-order chi connectivity index (χ1) is 11.3. The second-order valence-corrected chi connectivity index (χ2v) is 7.17. The normalized spacial score (nSPS) is 19.6. The highest BCUT2D eigenvalue weighted by atomic mass is 32.1. The van der Waals surface area contributed by atoms with Crippen LogP contribution in [0.3, 0.4) is 0 Å². The third-order valence-electron chi connectivity index (χ3n) is 4.63. The van der Waals surface area contributed by atoms with Crippen LogP contribution in [0.25, 0.3) is 10.6 Å². The van der Waals surface area contributed by atoms with Gasteiger partial charge in [-0.1, -0.05) is 30.3 Å². The molecule has 2 heterocycles. The highest BCUT2D eigenvalue weighted by Gasteiger charge is 2.31. The molecule has 2 aromatic rings. The minimum absolute atomic E-state index is 0.0843. The van der Waals surface area contributed by atoms with Gasteiger partial charge in [0.25, 0.3) is 5.91 Å². The van der Waals surface area contributed by atoms with Crippen molar-refractivity contribution < 1.29 is 4.79 Å². The fourth-order valence-electron chi connectivity index (χ4n) is 3.19. The summed E-state index contributed by atoms with van der Waals surface area (Å²) in [5.41, 5.74) is 1.67. The van der Waals surface area contributed by atoms with Gasteiger partial charge in [0.1, 0.15) is 10.7 Å². The number of aromatic nitrogens is 1. The van der Waals surface area contributed by atoms with Crippen molar-refractivity contribution in [1.29, 1.82) is 0 Å². The lowest BCUT2D eigenvalue weighted by Crippen LogP contribution is -2.35. The Balaban J connectivity index is 1.45. The lowest BCUT2D eigenvalue weighted by Gasteiger charge is -2.21. The maximum absolute atomic E-state index is 12.7. The molecule has 0 spiro atoms. The van der Waals surface area contributed by atoms with Crippen molar-refractivity contribution in [3.8, 4) is 10.6 Å². The van der Waals surface area contributed by atoms with Crippen LogP contribution >= 0.6 is 11.3 Å². The molecule has 1 aliphatic carbocycles. The van der Waals surface area contributed by atoms with Crippen molar-refractivity contribution in [3.63, 3.8) is 0 Å². The fraction of sp³-hybridized carbons (Fsp3) is 0.444. The highest BCUT2D eigenvalue weighted by Crippen LogP contribution is 2.28. The van der Waals surface area contributed by atoms with Crippen molar-refractivity contribution in [3.05, 3.63) is 41.4 Å². The van der Waals surface area contributed by atoms with E-state index < -0.39 is 0 Å².